The monoisotopic (exact) mass is 371 g/mol. The van der Waals surface area contributed by atoms with Crippen LogP contribution in [0.5, 0.6) is 0 Å². The molecular formula is C8H12F3NO8S2. The number of alkyl halides is 3. The first-order chi connectivity index (χ1) is 9.71. The van der Waals surface area contributed by atoms with Crippen LogP contribution in [0.1, 0.15) is 6.92 Å². The van der Waals surface area contributed by atoms with E-state index >= 15 is 0 Å². The number of hydroxylamine groups is 1. The van der Waals surface area contributed by atoms with Gasteiger partial charge in [-0.1, -0.05) is 11.0 Å². The summed E-state index contributed by atoms with van der Waals surface area (Å²) < 4.78 is 83.2. The maximum Gasteiger partial charge on any atom is 0.524 e. The van der Waals surface area contributed by atoms with Gasteiger partial charge >= 0.3 is 21.6 Å². The molecule has 0 rings (SSSR count). The summed E-state index contributed by atoms with van der Waals surface area (Å²) in [6.45, 7) is 3.71. The van der Waals surface area contributed by atoms with E-state index in [4.69, 9.17) is 0 Å². The number of nitrogens with zero attached hydrogens (tertiary/aromatic N) is 1. The van der Waals surface area contributed by atoms with Gasteiger partial charge < -0.3 is 0 Å². The van der Waals surface area contributed by atoms with Gasteiger partial charge in [0.15, 0.2) is 0 Å². The van der Waals surface area contributed by atoms with Gasteiger partial charge in [0.25, 0.3) is 0 Å². The van der Waals surface area contributed by atoms with Gasteiger partial charge in [0.1, 0.15) is 6.61 Å². The van der Waals surface area contributed by atoms with Crippen LogP contribution in [-0.2, 0) is 39.0 Å². The summed E-state index contributed by atoms with van der Waals surface area (Å²) in [5.74, 6) is -2.00. The largest absolute Gasteiger partial charge is 0.524 e. The van der Waals surface area contributed by atoms with Crippen LogP contribution >= 0.6 is 0 Å². The molecule has 0 atom stereocenters. The number of carbonyl (C=O) groups is 1. The minimum Gasteiger partial charge on any atom is -0.293 e. The fourth-order valence-corrected chi connectivity index (χ4v) is 2.17. The molecule has 0 heterocycles. The van der Waals surface area contributed by atoms with Crippen molar-refractivity contribution in [1.29, 1.82) is 0 Å². The Kier molecular flexibility index (Phi) is 6.96. The predicted molar refractivity (Wildman–Crippen MR) is 64.5 cm³/mol. The summed E-state index contributed by atoms with van der Waals surface area (Å²) in [5, 5.41) is 0. The number of sulfonamides is 1. The highest BCUT2D eigenvalue weighted by atomic mass is 32.2. The Morgan fingerprint density at radius 2 is 1.73 bits per heavy atom. The maximum atomic E-state index is 12.0. The van der Waals surface area contributed by atoms with Crippen LogP contribution in [0.25, 0.3) is 0 Å². The van der Waals surface area contributed by atoms with Crippen LogP contribution in [0.3, 0.4) is 0 Å². The molecule has 0 radical (unpaired) electrons. The summed E-state index contributed by atoms with van der Waals surface area (Å²) in [6.07, 6.45) is 0. The van der Waals surface area contributed by atoms with E-state index in [0.29, 0.717) is 7.05 Å². The highest BCUT2D eigenvalue weighted by Crippen LogP contribution is 2.25. The van der Waals surface area contributed by atoms with Gasteiger partial charge in [-0.3, -0.25) is 4.89 Å². The lowest BCUT2D eigenvalue weighted by Gasteiger charge is -2.16. The Bertz CT molecular complexity index is 624. The number of halogens is 3. The van der Waals surface area contributed by atoms with Crippen molar-refractivity contribution in [3.05, 3.63) is 12.2 Å². The van der Waals surface area contributed by atoms with E-state index < -0.39 is 48.4 Å². The number of carbonyl (C=O) groups excluding carboxylic acids is 1. The summed E-state index contributed by atoms with van der Waals surface area (Å²) in [4.78, 5) is 19.1. The van der Waals surface area contributed by atoms with Crippen LogP contribution in [0.2, 0.25) is 0 Å². The Morgan fingerprint density at radius 1 is 1.23 bits per heavy atom. The van der Waals surface area contributed by atoms with Crippen LogP contribution < -0.4 is 0 Å². The predicted octanol–water partition coefficient (Wildman–Crippen LogP) is 0.0801. The van der Waals surface area contributed by atoms with Crippen molar-refractivity contribution in [1.82, 2.24) is 4.47 Å². The Balaban J connectivity index is 4.58. The minimum atomic E-state index is -6.13. The van der Waals surface area contributed by atoms with E-state index in [-0.39, 0.29) is 5.57 Å². The third kappa shape index (κ3) is 6.27. The summed E-state index contributed by atoms with van der Waals surface area (Å²) in [5.41, 5.74) is -5.83. The molecular weight excluding hydrogens is 359 g/mol. The lowest BCUT2D eigenvalue weighted by Crippen LogP contribution is -2.37. The zero-order chi connectivity index (χ0) is 17.8. The molecule has 0 bridgehead atoms. The smallest absolute Gasteiger partial charge is 0.293 e. The first-order valence-electron chi connectivity index (χ1n) is 5.17. The van der Waals surface area contributed by atoms with E-state index in [1.54, 1.807) is 0 Å². The standard InChI is InChI=1S/C8H12F3NO8S2/c1-6(2)7(13)19-18-4-5-21(14,15)12(3)20-22(16,17)8(9,10)11/h1,4-5H2,2-3H3. The molecule has 0 aromatic heterocycles. The molecule has 0 amide bonds. The van der Waals surface area contributed by atoms with Gasteiger partial charge in [0.2, 0.25) is 10.0 Å². The summed E-state index contributed by atoms with van der Waals surface area (Å²) >= 11 is 0. The highest BCUT2D eigenvalue weighted by Gasteiger charge is 2.49. The fraction of sp³-hybridized carbons (Fsp3) is 0.625. The van der Waals surface area contributed by atoms with Crippen molar-refractivity contribution in [3.8, 4) is 0 Å². The van der Waals surface area contributed by atoms with Crippen molar-refractivity contribution in [3.63, 3.8) is 0 Å². The van der Waals surface area contributed by atoms with Crippen molar-refractivity contribution in [2.24, 2.45) is 0 Å². The quantitative estimate of drug-likeness (QED) is 0.194. The molecule has 0 aromatic carbocycles. The van der Waals surface area contributed by atoms with Gasteiger partial charge in [0, 0.05) is 12.6 Å². The normalized spacial score (nSPS) is 13.2. The molecule has 0 unspecified atom stereocenters. The van der Waals surface area contributed by atoms with Crippen molar-refractivity contribution in [2.75, 3.05) is 19.4 Å². The second kappa shape index (κ2) is 7.36. The molecule has 0 aliphatic rings. The third-order valence-electron chi connectivity index (χ3n) is 1.79. The molecule has 0 fully saturated rings. The average Bonchev–Trinajstić information content (AvgIpc) is 2.32. The molecule has 0 N–H and O–H groups in total. The van der Waals surface area contributed by atoms with Crippen molar-refractivity contribution < 1.29 is 48.9 Å². The molecule has 0 saturated heterocycles. The van der Waals surface area contributed by atoms with E-state index in [1.165, 1.54) is 6.92 Å². The summed E-state index contributed by atoms with van der Waals surface area (Å²) in [7, 11) is -10.3. The Labute approximate surface area is 124 Å². The van der Waals surface area contributed by atoms with E-state index in [2.05, 4.69) is 20.6 Å². The van der Waals surface area contributed by atoms with Crippen LogP contribution in [0, 0.1) is 0 Å². The molecule has 9 nitrogen and oxygen atoms in total. The van der Waals surface area contributed by atoms with Gasteiger partial charge in [0.05, 0.1) is 5.75 Å². The number of rotatable bonds is 8. The zero-order valence-electron chi connectivity index (χ0n) is 11.3. The Hall–Kier alpha value is -1.22. The van der Waals surface area contributed by atoms with Crippen LogP contribution in [0.15, 0.2) is 12.2 Å². The topological polar surface area (TPSA) is 116 Å². The lowest BCUT2D eigenvalue weighted by atomic mass is 10.4. The second-order valence-electron chi connectivity index (χ2n) is 3.67. The van der Waals surface area contributed by atoms with Gasteiger partial charge in [-0.15, -0.1) is 0 Å². The number of hydrogen-bond donors (Lipinski definition) is 0. The highest BCUT2D eigenvalue weighted by molar-refractivity contribution is 7.90. The molecule has 130 valence electrons. The van der Waals surface area contributed by atoms with Gasteiger partial charge in [-0.2, -0.15) is 30.8 Å². The zero-order valence-corrected chi connectivity index (χ0v) is 12.9. The van der Waals surface area contributed by atoms with Crippen LogP contribution in [-0.4, -0.2) is 52.2 Å². The molecule has 0 spiro atoms. The van der Waals surface area contributed by atoms with Gasteiger partial charge in [-0.05, 0) is 6.92 Å². The lowest BCUT2D eigenvalue weighted by molar-refractivity contribution is -0.265. The Morgan fingerprint density at radius 3 is 2.14 bits per heavy atom. The van der Waals surface area contributed by atoms with E-state index in [9.17, 15) is 34.8 Å². The van der Waals surface area contributed by atoms with Crippen molar-refractivity contribution in [2.45, 2.75) is 12.4 Å². The van der Waals surface area contributed by atoms with Crippen LogP contribution in [0.4, 0.5) is 13.2 Å². The van der Waals surface area contributed by atoms with E-state index in [1.807, 2.05) is 0 Å². The minimum absolute atomic E-state index is 0.0421. The fourth-order valence-electron chi connectivity index (χ4n) is 0.661. The molecule has 22 heavy (non-hydrogen) atoms. The molecule has 0 saturated carbocycles. The SMILES string of the molecule is C=C(C)C(=O)OOCCS(=O)(=O)N(C)OS(=O)(=O)C(F)(F)F. The first kappa shape index (κ1) is 20.8. The van der Waals surface area contributed by atoms with Crippen molar-refractivity contribution >= 4 is 26.1 Å². The molecule has 0 aromatic rings. The van der Waals surface area contributed by atoms with E-state index in [0.717, 1.165) is 0 Å². The van der Waals surface area contributed by atoms with Gasteiger partial charge in [-0.25, -0.2) is 13.2 Å². The second-order valence-corrected chi connectivity index (χ2v) is 7.28. The molecule has 14 heteroatoms. The molecule has 0 aliphatic carbocycles. The molecule has 0 aliphatic heterocycles. The summed E-state index contributed by atoms with van der Waals surface area (Å²) in [6, 6.07) is 0. The third-order valence-corrected chi connectivity index (χ3v) is 4.41. The first-order valence-corrected chi connectivity index (χ1v) is 8.19. The maximum absolute atomic E-state index is 12.0. The average molecular weight is 371 g/mol. The number of hydrogen-bond acceptors (Lipinski definition) is 8.